The molecule has 1 fully saturated rings. The molecule has 1 aliphatic rings. The second-order valence-electron chi connectivity index (χ2n) is 4.77. The number of hydrogen-bond donors (Lipinski definition) is 0. The summed E-state index contributed by atoms with van der Waals surface area (Å²) in [5.41, 5.74) is 1.12. The highest BCUT2D eigenvalue weighted by Crippen LogP contribution is 2.28. The topological polar surface area (TPSA) is 48.0 Å². The number of hydrogen-bond acceptors (Lipinski definition) is 3. The molecule has 1 saturated carbocycles. The fourth-order valence-corrected chi connectivity index (χ4v) is 2.50. The van der Waals surface area contributed by atoms with E-state index >= 15 is 0 Å². The molecule has 3 rings (SSSR count). The maximum atomic E-state index is 4.25. The lowest BCUT2D eigenvalue weighted by Gasteiger charge is -2.23. The lowest BCUT2D eigenvalue weighted by molar-refractivity contribution is 0.354. The van der Waals surface area contributed by atoms with Gasteiger partial charge in [0.1, 0.15) is 12.7 Å². The van der Waals surface area contributed by atoms with Crippen molar-refractivity contribution in [2.24, 2.45) is 5.10 Å². The Hall–Kier alpha value is -1.91. The van der Waals surface area contributed by atoms with E-state index in [4.69, 9.17) is 0 Å². The Kier molecular flexibility index (Phi) is 3.21. The van der Waals surface area contributed by atoms with Gasteiger partial charge in [-0.3, -0.25) is 0 Å². The van der Waals surface area contributed by atoms with Gasteiger partial charge < -0.3 is 4.57 Å². The zero-order valence-corrected chi connectivity index (χ0v) is 10.3. The lowest BCUT2D eigenvalue weighted by Crippen LogP contribution is -2.10. The van der Waals surface area contributed by atoms with Gasteiger partial charge in [0.2, 0.25) is 0 Å². The van der Waals surface area contributed by atoms with Crippen LogP contribution in [-0.2, 0) is 0 Å². The van der Waals surface area contributed by atoms with E-state index in [2.05, 4.69) is 38.3 Å². The van der Waals surface area contributed by atoms with Crippen molar-refractivity contribution in [1.29, 1.82) is 0 Å². The third kappa shape index (κ3) is 2.50. The van der Waals surface area contributed by atoms with E-state index in [1.165, 1.54) is 32.1 Å². The molecule has 0 atom stereocenters. The monoisotopic (exact) mass is 243 g/mol. The molecule has 0 aromatic carbocycles. The van der Waals surface area contributed by atoms with Crippen LogP contribution in [0.25, 0.3) is 0 Å². The van der Waals surface area contributed by atoms with Crippen molar-refractivity contribution in [1.82, 2.24) is 19.4 Å². The van der Waals surface area contributed by atoms with E-state index < -0.39 is 0 Å². The second-order valence-corrected chi connectivity index (χ2v) is 4.77. The summed E-state index contributed by atoms with van der Waals surface area (Å²) in [5, 5.41) is 11.7. The number of nitrogens with zero attached hydrogens (tertiary/aromatic N) is 5. The predicted octanol–water partition coefficient (Wildman–Crippen LogP) is 2.47. The summed E-state index contributed by atoms with van der Waals surface area (Å²) >= 11 is 0. The van der Waals surface area contributed by atoms with Crippen LogP contribution < -0.4 is 0 Å². The van der Waals surface area contributed by atoms with Gasteiger partial charge in [-0.2, -0.15) is 5.10 Å². The van der Waals surface area contributed by atoms with E-state index in [1.54, 1.807) is 17.3 Å². The Balaban J connectivity index is 1.69. The number of aromatic nitrogens is 4. The van der Waals surface area contributed by atoms with Gasteiger partial charge in [-0.25, -0.2) is 4.68 Å². The van der Waals surface area contributed by atoms with Crippen molar-refractivity contribution < 1.29 is 0 Å². The molecule has 5 nitrogen and oxygen atoms in total. The van der Waals surface area contributed by atoms with Crippen LogP contribution in [0.2, 0.25) is 0 Å². The van der Waals surface area contributed by atoms with E-state index in [0.717, 1.165) is 5.56 Å². The van der Waals surface area contributed by atoms with Crippen molar-refractivity contribution in [2.75, 3.05) is 0 Å². The lowest BCUT2D eigenvalue weighted by atomic mass is 9.95. The maximum absolute atomic E-state index is 4.25. The van der Waals surface area contributed by atoms with Crippen LogP contribution in [0.5, 0.6) is 0 Å². The third-order valence-electron chi connectivity index (χ3n) is 3.48. The first-order valence-electron chi connectivity index (χ1n) is 6.48. The summed E-state index contributed by atoms with van der Waals surface area (Å²) in [6.45, 7) is 0. The third-order valence-corrected chi connectivity index (χ3v) is 3.48. The molecule has 0 amide bonds. The maximum Gasteiger partial charge on any atom is 0.141 e. The van der Waals surface area contributed by atoms with Gasteiger partial charge in [-0.05, 0) is 18.9 Å². The average Bonchev–Trinajstić information content (AvgIpc) is 3.09. The minimum Gasteiger partial charge on any atom is -0.351 e. The van der Waals surface area contributed by atoms with Crippen molar-refractivity contribution >= 4 is 6.21 Å². The summed E-state index contributed by atoms with van der Waals surface area (Å²) in [6, 6.07) is 2.78. The Labute approximate surface area is 106 Å². The van der Waals surface area contributed by atoms with Crippen LogP contribution in [0, 0.1) is 0 Å². The van der Waals surface area contributed by atoms with Crippen LogP contribution in [0.4, 0.5) is 0 Å². The summed E-state index contributed by atoms with van der Waals surface area (Å²) in [5.74, 6) is 0. The first-order valence-corrected chi connectivity index (χ1v) is 6.48. The molecular weight excluding hydrogens is 226 g/mol. The summed E-state index contributed by atoms with van der Waals surface area (Å²) in [4.78, 5) is 0. The van der Waals surface area contributed by atoms with Crippen LogP contribution >= 0.6 is 0 Å². The fraction of sp³-hybridized carbons (Fsp3) is 0.462. The highest BCUT2D eigenvalue weighted by Gasteiger charge is 2.14. The van der Waals surface area contributed by atoms with Crippen LogP contribution in [0.1, 0.15) is 43.7 Å². The van der Waals surface area contributed by atoms with Gasteiger partial charge in [0.15, 0.2) is 0 Å². The smallest absolute Gasteiger partial charge is 0.141 e. The minimum atomic E-state index is 0.677. The van der Waals surface area contributed by atoms with Crippen molar-refractivity contribution in [3.8, 4) is 0 Å². The molecule has 0 N–H and O–H groups in total. The first kappa shape index (κ1) is 11.2. The van der Waals surface area contributed by atoms with E-state index in [0.29, 0.717) is 6.04 Å². The first-order chi connectivity index (χ1) is 8.92. The molecule has 0 bridgehead atoms. The molecular formula is C13H17N5. The molecule has 0 saturated heterocycles. The quantitative estimate of drug-likeness (QED) is 0.777. The zero-order chi connectivity index (χ0) is 12.2. The highest BCUT2D eigenvalue weighted by molar-refractivity contribution is 5.79. The molecule has 2 aromatic rings. The van der Waals surface area contributed by atoms with Crippen LogP contribution in [-0.4, -0.2) is 25.7 Å². The molecule has 0 aliphatic heterocycles. The fourth-order valence-electron chi connectivity index (χ4n) is 2.50. The normalized spacial score (nSPS) is 17.6. The number of rotatable bonds is 3. The second kappa shape index (κ2) is 5.16. The van der Waals surface area contributed by atoms with E-state index in [1.807, 2.05) is 6.21 Å². The van der Waals surface area contributed by atoms with E-state index in [9.17, 15) is 0 Å². The summed E-state index contributed by atoms with van der Waals surface area (Å²) < 4.78 is 3.92. The van der Waals surface area contributed by atoms with Crippen LogP contribution in [0.3, 0.4) is 0 Å². The summed E-state index contributed by atoms with van der Waals surface area (Å²) in [6.07, 6.45) is 16.0. The average molecular weight is 243 g/mol. The van der Waals surface area contributed by atoms with Gasteiger partial charge >= 0.3 is 0 Å². The molecule has 0 spiro atoms. The van der Waals surface area contributed by atoms with Gasteiger partial charge in [-0.1, -0.05) is 19.3 Å². The molecule has 1 aliphatic carbocycles. The van der Waals surface area contributed by atoms with Crippen molar-refractivity contribution in [3.05, 3.63) is 36.7 Å². The predicted molar refractivity (Wildman–Crippen MR) is 69.6 cm³/mol. The van der Waals surface area contributed by atoms with Crippen molar-refractivity contribution in [3.63, 3.8) is 0 Å². The SMILES string of the molecule is C(=N/n1cnnc1)/c1ccn(C2CCCCC2)c1. The Morgan fingerprint density at radius 2 is 1.94 bits per heavy atom. The van der Waals surface area contributed by atoms with Gasteiger partial charge in [0, 0.05) is 24.0 Å². The minimum absolute atomic E-state index is 0.677. The zero-order valence-electron chi connectivity index (χ0n) is 10.3. The largest absolute Gasteiger partial charge is 0.351 e. The highest BCUT2D eigenvalue weighted by atomic mass is 15.4. The van der Waals surface area contributed by atoms with Crippen molar-refractivity contribution in [2.45, 2.75) is 38.1 Å². The standard InChI is InChI=1S/C13H17N5/c1-2-4-13(5-3-1)17-7-6-12(9-17)8-16-18-10-14-15-11-18/h6-11,13H,1-5H2/b16-8-. The Morgan fingerprint density at radius 1 is 1.17 bits per heavy atom. The Bertz CT molecular complexity index is 505. The summed E-state index contributed by atoms with van der Waals surface area (Å²) in [7, 11) is 0. The van der Waals surface area contributed by atoms with Gasteiger partial charge in [0.05, 0.1) is 6.21 Å². The molecule has 0 radical (unpaired) electrons. The molecule has 2 aromatic heterocycles. The van der Waals surface area contributed by atoms with E-state index in [-0.39, 0.29) is 0 Å². The Morgan fingerprint density at radius 3 is 2.72 bits per heavy atom. The molecule has 94 valence electrons. The molecule has 0 unspecified atom stereocenters. The van der Waals surface area contributed by atoms with Gasteiger partial charge in [-0.15, -0.1) is 10.2 Å². The van der Waals surface area contributed by atoms with Crippen LogP contribution in [0.15, 0.2) is 36.2 Å². The van der Waals surface area contributed by atoms with Gasteiger partial charge in [0.25, 0.3) is 0 Å². The molecule has 2 heterocycles. The molecule has 5 heteroatoms. The molecule has 18 heavy (non-hydrogen) atoms.